The molecule has 0 atom stereocenters. The standard InChI is InChI=1S/C14H19N3/c1-11(2)14-9-16-10-17(14)13-5-3-12(4-6-13)7-8-15/h3-6,9-11H,7-8,15H2,1-2H3. The SMILES string of the molecule is CC(C)c1cncn1-c1ccc(CCN)cc1. The van der Waals surface area contributed by atoms with Gasteiger partial charge in [-0.2, -0.15) is 0 Å². The first-order chi connectivity index (χ1) is 8.22. The van der Waals surface area contributed by atoms with Gasteiger partial charge in [0.2, 0.25) is 0 Å². The number of hydrogen-bond acceptors (Lipinski definition) is 2. The highest BCUT2D eigenvalue weighted by Crippen LogP contribution is 2.19. The number of nitrogens with zero attached hydrogens (tertiary/aromatic N) is 2. The summed E-state index contributed by atoms with van der Waals surface area (Å²) >= 11 is 0. The maximum absolute atomic E-state index is 5.54. The molecule has 0 fully saturated rings. The van der Waals surface area contributed by atoms with E-state index in [9.17, 15) is 0 Å². The van der Waals surface area contributed by atoms with Crippen LogP contribution in [-0.2, 0) is 6.42 Å². The zero-order valence-corrected chi connectivity index (χ0v) is 10.4. The van der Waals surface area contributed by atoms with Crippen molar-refractivity contribution in [2.24, 2.45) is 5.73 Å². The van der Waals surface area contributed by atoms with Gasteiger partial charge in [0.1, 0.15) is 0 Å². The lowest BCUT2D eigenvalue weighted by Gasteiger charge is -2.11. The van der Waals surface area contributed by atoms with Gasteiger partial charge in [0.15, 0.2) is 0 Å². The van der Waals surface area contributed by atoms with Crippen LogP contribution in [0.15, 0.2) is 36.8 Å². The Morgan fingerprint density at radius 2 is 1.94 bits per heavy atom. The van der Waals surface area contributed by atoms with Crippen LogP contribution < -0.4 is 5.73 Å². The Morgan fingerprint density at radius 1 is 1.24 bits per heavy atom. The quantitative estimate of drug-likeness (QED) is 0.875. The van der Waals surface area contributed by atoms with Crippen LogP contribution in [0.3, 0.4) is 0 Å². The Labute approximate surface area is 102 Å². The van der Waals surface area contributed by atoms with Crippen LogP contribution in [0.2, 0.25) is 0 Å². The van der Waals surface area contributed by atoms with Gasteiger partial charge in [0.05, 0.1) is 6.33 Å². The molecule has 0 bridgehead atoms. The average molecular weight is 229 g/mol. The lowest BCUT2D eigenvalue weighted by atomic mass is 10.1. The molecule has 0 radical (unpaired) electrons. The first kappa shape index (κ1) is 11.9. The summed E-state index contributed by atoms with van der Waals surface area (Å²) in [6.45, 7) is 5.05. The molecule has 0 saturated carbocycles. The Kier molecular flexibility index (Phi) is 3.59. The van der Waals surface area contributed by atoms with Gasteiger partial charge in [-0.1, -0.05) is 26.0 Å². The fourth-order valence-corrected chi connectivity index (χ4v) is 1.94. The number of rotatable bonds is 4. The van der Waals surface area contributed by atoms with Gasteiger partial charge in [-0.3, -0.25) is 0 Å². The zero-order valence-electron chi connectivity index (χ0n) is 10.4. The highest BCUT2D eigenvalue weighted by atomic mass is 15.1. The number of aromatic nitrogens is 2. The molecule has 0 aliphatic carbocycles. The second-order valence-electron chi connectivity index (χ2n) is 4.55. The first-order valence-electron chi connectivity index (χ1n) is 6.04. The van der Waals surface area contributed by atoms with Crippen molar-refractivity contribution in [3.8, 4) is 5.69 Å². The summed E-state index contributed by atoms with van der Waals surface area (Å²) in [5.74, 6) is 0.473. The van der Waals surface area contributed by atoms with E-state index in [4.69, 9.17) is 5.73 Å². The van der Waals surface area contributed by atoms with Gasteiger partial charge in [0, 0.05) is 17.6 Å². The molecule has 3 nitrogen and oxygen atoms in total. The summed E-state index contributed by atoms with van der Waals surface area (Å²) in [5, 5.41) is 0. The largest absolute Gasteiger partial charge is 0.330 e. The highest BCUT2D eigenvalue weighted by molar-refractivity contribution is 5.36. The lowest BCUT2D eigenvalue weighted by molar-refractivity contribution is 0.787. The van der Waals surface area contributed by atoms with E-state index in [1.165, 1.54) is 11.3 Å². The predicted molar refractivity (Wildman–Crippen MR) is 70.4 cm³/mol. The molecule has 0 aliphatic rings. The Bertz CT molecular complexity index is 468. The van der Waals surface area contributed by atoms with Crippen molar-refractivity contribution in [2.45, 2.75) is 26.2 Å². The molecule has 1 aromatic heterocycles. The predicted octanol–water partition coefficient (Wildman–Crippen LogP) is 2.50. The second kappa shape index (κ2) is 5.15. The van der Waals surface area contributed by atoms with Gasteiger partial charge in [-0.25, -0.2) is 4.98 Å². The fourth-order valence-electron chi connectivity index (χ4n) is 1.94. The van der Waals surface area contributed by atoms with Crippen LogP contribution in [0.4, 0.5) is 0 Å². The summed E-state index contributed by atoms with van der Waals surface area (Å²) in [5.41, 5.74) is 9.21. The second-order valence-corrected chi connectivity index (χ2v) is 4.55. The summed E-state index contributed by atoms with van der Waals surface area (Å²) in [6.07, 6.45) is 4.73. The molecule has 2 aromatic rings. The van der Waals surface area contributed by atoms with Gasteiger partial charge >= 0.3 is 0 Å². The Hall–Kier alpha value is -1.61. The van der Waals surface area contributed by atoms with E-state index in [0.717, 1.165) is 12.1 Å². The van der Waals surface area contributed by atoms with E-state index < -0.39 is 0 Å². The normalized spacial score (nSPS) is 11.1. The van der Waals surface area contributed by atoms with Gasteiger partial charge < -0.3 is 10.3 Å². The molecule has 1 aromatic carbocycles. The summed E-state index contributed by atoms with van der Waals surface area (Å²) in [4.78, 5) is 4.22. The molecule has 0 amide bonds. The third-order valence-corrected chi connectivity index (χ3v) is 2.91. The Morgan fingerprint density at radius 3 is 2.53 bits per heavy atom. The van der Waals surface area contributed by atoms with Crippen molar-refractivity contribution in [1.82, 2.24) is 9.55 Å². The van der Waals surface area contributed by atoms with E-state index in [-0.39, 0.29) is 0 Å². The highest BCUT2D eigenvalue weighted by Gasteiger charge is 2.07. The Balaban J connectivity index is 2.30. The van der Waals surface area contributed by atoms with Gasteiger partial charge in [-0.15, -0.1) is 0 Å². The number of nitrogens with two attached hydrogens (primary N) is 1. The molecule has 90 valence electrons. The third kappa shape index (κ3) is 2.56. The molecule has 2 rings (SSSR count). The van der Waals surface area contributed by atoms with E-state index in [0.29, 0.717) is 12.5 Å². The van der Waals surface area contributed by atoms with E-state index in [1.54, 1.807) is 0 Å². The molecule has 0 saturated heterocycles. The molecular formula is C14H19N3. The molecule has 0 unspecified atom stereocenters. The smallest absolute Gasteiger partial charge is 0.0994 e. The van der Waals surface area contributed by atoms with Crippen molar-refractivity contribution in [3.63, 3.8) is 0 Å². The number of imidazole rings is 1. The monoisotopic (exact) mass is 229 g/mol. The minimum atomic E-state index is 0.473. The minimum Gasteiger partial charge on any atom is -0.330 e. The zero-order chi connectivity index (χ0) is 12.3. The molecule has 1 heterocycles. The van der Waals surface area contributed by atoms with Crippen molar-refractivity contribution < 1.29 is 0 Å². The number of hydrogen-bond donors (Lipinski definition) is 1. The van der Waals surface area contributed by atoms with Crippen LogP contribution in [0, 0.1) is 0 Å². The van der Waals surface area contributed by atoms with E-state index >= 15 is 0 Å². The molecule has 3 heteroatoms. The van der Waals surface area contributed by atoms with Crippen LogP contribution in [0.5, 0.6) is 0 Å². The van der Waals surface area contributed by atoms with Gasteiger partial charge in [-0.05, 0) is 36.6 Å². The maximum atomic E-state index is 5.54. The van der Waals surface area contributed by atoms with Crippen molar-refractivity contribution in [2.75, 3.05) is 6.54 Å². The van der Waals surface area contributed by atoms with Crippen LogP contribution >= 0.6 is 0 Å². The topological polar surface area (TPSA) is 43.8 Å². The van der Waals surface area contributed by atoms with Crippen LogP contribution in [0.1, 0.15) is 31.0 Å². The van der Waals surface area contributed by atoms with Crippen LogP contribution in [0.25, 0.3) is 5.69 Å². The van der Waals surface area contributed by atoms with Crippen molar-refractivity contribution in [1.29, 1.82) is 0 Å². The molecule has 0 aliphatic heterocycles. The fraction of sp³-hybridized carbons (Fsp3) is 0.357. The molecule has 2 N–H and O–H groups in total. The lowest BCUT2D eigenvalue weighted by Crippen LogP contribution is -2.03. The van der Waals surface area contributed by atoms with Crippen LogP contribution in [-0.4, -0.2) is 16.1 Å². The van der Waals surface area contributed by atoms with Gasteiger partial charge in [0.25, 0.3) is 0 Å². The molecular weight excluding hydrogens is 210 g/mol. The third-order valence-electron chi connectivity index (χ3n) is 2.91. The minimum absolute atomic E-state index is 0.473. The van der Waals surface area contributed by atoms with E-state index in [1.807, 2.05) is 12.5 Å². The first-order valence-corrected chi connectivity index (χ1v) is 6.04. The maximum Gasteiger partial charge on any atom is 0.0994 e. The summed E-state index contributed by atoms with van der Waals surface area (Å²) in [7, 11) is 0. The van der Waals surface area contributed by atoms with E-state index in [2.05, 4.69) is 47.7 Å². The average Bonchev–Trinajstić information content (AvgIpc) is 2.79. The molecule has 17 heavy (non-hydrogen) atoms. The molecule has 0 spiro atoms. The summed E-state index contributed by atoms with van der Waals surface area (Å²) in [6, 6.07) is 8.51. The number of benzene rings is 1. The van der Waals surface area contributed by atoms with Crippen molar-refractivity contribution in [3.05, 3.63) is 48.0 Å². The van der Waals surface area contributed by atoms with Crippen molar-refractivity contribution >= 4 is 0 Å². The summed E-state index contributed by atoms with van der Waals surface area (Å²) < 4.78 is 2.14.